The van der Waals surface area contributed by atoms with Crippen LogP contribution in [0.5, 0.6) is 0 Å². The molecule has 5 rings (SSSR count). The second-order valence-electron chi connectivity index (χ2n) is 11.2. The maximum atomic E-state index is 12.6. The first-order chi connectivity index (χ1) is 20.6. The molecule has 4 heteroatoms. The van der Waals surface area contributed by atoms with Crippen molar-refractivity contribution >= 4 is 17.5 Å². The molecule has 0 radical (unpaired) electrons. The first-order valence-corrected chi connectivity index (χ1v) is 14.4. The molecule has 214 valence electrons. The molecule has 0 unspecified atom stereocenters. The summed E-state index contributed by atoms with van der Waals surface area (Å²) in [5.74, 6) is -0.964. The zero-order valence-corrected chi connectivity index (χ0v) is 24.9. The van der Waals surface area contributed by atoms with Crippen LogP contribution in [0.2, 0.25) is 0 Å². The smallest absolute Gasteiger partial charge is 0.336 e. The van der Waals surface area contributed by atoms with Crippen LogP contribution in [-0.2, 0) is 12.8 Å². The van der Waals surface area contributed by atoms with E-state index >= 15 is 0 Å². The van der Waals surface area contributed by atoms with Crippen molar-refractivity contribution in [1.82, 2.24) is 0 Å². The van der Waals surface area contributed by atoms with Crippen LogP contribution in [0.3, 0.4) is 0 Å². The molecule has 4 nitrogen and oxygen atoms in total. The van der Waals surface area contributed by atoms with Gasteiger partial charge in [-0.15, -0.1) is 0 Å². The number of carboxylic acid groups (broad SMARTS) is 2. The number of hydrogen-bond acceptors (Lipinski definition) is 2. The maximum absolute atomic E-state index is 12.6. The number of allylic oxidation sites excluding steroid dienone is 5. The van der Waals surface area contributed by atoms with E-state index in [0.717, 1.165) is 67.1 Å². The average Bonchev–Trinajstić information content (AvgIpc) is 2.98. The lowest BCUT2D eigenvalue weighted by Crippen LogP contribution is -2.10. The zero-order chi connectivity index (χ0) is 30.7. The van der Waals surface area contributed by atoms with Crippen molar-refractivity contribution in [3.05, 3.63) is 176 Å². The summed E-state index contributed by atoms with van der Waals surface area (Å²) < 4.78 is 0. The van der Waals surface area contributed by atoms with Crippen LogP contribution in [0.15, 0.2) is 114 Å². The molecule has 0 spiro atoms. The molecule has 4 aromatic carbocycles. The van der Waals surface area contributed by atoms with Crippen molar-refractivity contribution in [2.45, 2.75) is 40.5 Å². The van der Waals surface area contributed by atoms with Crippen LogP contribution < -0.4 is 0 Å². The molecule has 0 saturated heterocycles. The fourth-order valence-corrected chi connectivity index (χ4v) is 5.86. The minimum atomic E-state index is -0.994. The summed E-state index contributed by atoms with van der Waals surface area (Å²) in [5, 5.41) is 20.6. The number of hydrogen-bond donors (Lipinski definition) is 2. The predicted octanol–water partition coefficient (Wildman–Crippen LogP) is 8.79. The van der Waals surface area contributed by atoms with Crippen LogP contribution in [0.25, 0.3) is 5.57 Å². The summed E-state index contributed by atoms with van der Waals surface area (Å²) >= 11 is 0. The first kappa shape index (κ1) is 29.4. The standard InChI is InChI=1S/C39H34O4/c1-24-10-5-7-14-28(24)20-30-16-18-32(22-34(30)38(40)41)37(36-26(3)12-9-13-27(36)4)33-19-17-31(35(23-33)39(42)43)21-29-15-8-6-11-25(29)2/h5-19,22-23H,20-21H2,1-4H3,(H-,40,41,42,43)/p+1. The molecule has 0 heterocycles. The van der Waals surface area contributed by atoms with Gasteiger partial charge in [-0.2, -0.15) is 0 Å². The Morgan fingerprint density at radius 1 is 0.651 bits per heavy atom. The Morgan fingerprint density at radius 3 is 1.53 bits per heavy atom. The molecule has 2 N–H and O–H groups in total. The van der Waals surface area contributed by atoms with E-state index in [1.54, 1.807) is 12.1 Å². The molecular formula is C39H35O4+. The summed E-state index contributed by atoms with van der Waals surface area (Å²) in [6.07, 6.45) is 7.05. The summed E-state index contributed by atoms with van der Waals surface area (Å²) in [6.45, 7) is 8.11. The summed E-state index contributed by atoms with van der Waals surface area (Å²) in [5.41, 5.74) is 10.6. The normalized spacial score (nSPS) is 12.7. The second-order valence-corrected chi connectivity index (χ2v) is 11.2. The van der Waals surface area contributed by atoms with Gasteiger partial charge < -0.3 is 10.2 Å². The Bertz CT molecular complexity index is 1710. The van der Waals surface area contributed by atoms with Gasteiger partial charge in [0.25, 0.3) is 0 Å². The van der Waals surface area contributed by atoms with E-state index in [1.165, 1.54) is 0 Å². The predicted molar refractivity (Wildman–Crippen MR) is 173 cm³/mol. The third kappa shape index (κ3) is 6.24. The Labute approximate surface area is 253 Å². The molecule has 0 atom stereocenters. The van der Waals surface area contributed by atoms with Gasteiger partial charge >= 0.3 is 11.9 Å². The number of carbonyl (C=O) groups is 2. The highest BCUT2D eigenvalue weighted by atomic mass is 16.4. The monoisotopic (exact) mass is 567 g/mol. The SMILES string of the molecule is CC1=CC=C[C+](C)C1=C(c1ccc(Cc2ccccc2C)c(C(=O)O)c1)c1ccc(Cc2ccccc2C)c(C(=O)O)c1. The van der Waals surface area contributed by atoms with Gasteiger partial charge in [-0.1, -0.05) is 60.7 Å². The van der Waals surface area contributed by atoms with Crippen molar-refractivity contribution in [2.75, 3.05) is 0 Å². The third-order valence-corrected chi connectivity index (χ3v) is 8.27. The van der Waals surface area contributed by atoms with Crippen molar-refractivity contribution in [1.29, 1.82) is 0 Å². The minimum absolute atomic E-state index is 0.235. The lowest BCUT2D eigenvalue weighted by Gasteiger charge is -2.18. The van der Waals surface area contributed by atoms with Gasteiger partial charge in [0.05, 0.1) is 16.7 Å². The molecule has 0 bridgehead atoms. The second kappa shape index (κ2) is 12.4. The molecule has 43 heavy (non-hydrogen) atoms. The largest absolute Gasteiger partial charge is 0.478 e. The number of aromatic carboxylic acids is 2. The van der Waals surface area contributed by atoms with Gasteiger partial charge in [0.1, 0.15) is 5.57 Å². The maximum Gasteiger partial charge on any atom is 0.336 e. The highest BCUT2D eigenvalue weighted by molar-refractivity contribution is 5.96. The summed E-state index contributed by atoms with van der Waals surface area (Å²) in [6, 6.07) is 27.2. The Morgan fingerprint density at radius 2 is 1.12 bits per heavy atom. The van der Waals surface area contributed by atoms with Crippen LogP contribution in [-0.4, -0.2) is 22.2 Å². The highest BCUT2D eigenvalue weighted by Crippen LogP contribution is 2.39. The molecule has 0 aliphatic heterocycles. The van der Waals surface area contributed by atoms with Gasteiger partial charge in [0.15, 0.2) is 0 Å². The topological polar surface area (TPSA) is 74.6 Å². The van der Waals surface area contributed by atoms with Crippen molar-refractivity contribution in [2.24, 2.45) is 0 Å². The quantitative estimate of drug-likeness (QED) is 0.209. The number of carboxylic acids is 2. The molecule has 1 aliphatic carbocycles. The van der Waals surface area contributed by atoms with E-state index in [4.69, 9.17) is 0 Å². The minimum Gasteiger partial charge on any atom is -0.478 e. The lowest BCUT2D eigenvalue weighted by atomic mass is 9.80. The first-order valence-electron chi connectivity index (χ1n) is 14.4. The molecule has 1 aliphatic rings. The summed E-state index contributed by atoms with van der Waals surface area (Å²) in [4.78, 5) is 25.2. The zero-order valence-electron chi connectivity index (χ0n) is 24.9. The molecular weight excluding hydrogens is 532 g/mol. The van der Waals surface area contributed by atoms with E-state index in [2.05, 4.69) is 0 Å². The Balaban J connectivity index is 1.68. The molecule has 0 aromatic heterocycles. The Kier molecular flexibility index (Phi) is 8.49. The van der Waals surface area contributed by atoms with E-state index in [9.17, 15) is 19.8 Å². The van der Waals surface area contributed by atoms with E-state index in [0.29, 0.717) is 12.8 Å². The Hall–Kier alpha value is -5.09. The van der Waals surface area contributed by atoms with E-state index in [1.807, 2.05) is 119 Å². The van der Waals surface area contributed by atoms with Crippen molar-refractivity contribution in [3.8, 4) is 0 Å². The number of aryl methyl sites for hydroxylation is 2. The lowest BCUT2D eigenvalue weighted by molar-refractivity contribution is 0.0685. The van der Waals surface area contributed by atoms with Crippen LogP contribution in [0.1, 0.15) is 79.1 Å². The third-order valence-electron chi connectivity index (χ3n) is 8.27. The van der Waals surface area contributed by atoms with Gasteiger partial charge in [-0.3, -0.25) is 0 Å². The number of benzene rings is 4. The van der Waals surface area contributed by atoms with Gasteiger partial charge in [-0.05, 0) is 98.2 Å². The highest BCUT2D eigenvalue weighted by Gasteiger charge is 2.29. The molecule has 4 aromatic rings. The fraction of sp³-hybridized carbons (Fsp3) is 0.154. The van der Waals surface area contributed by atoms with Crippen molar-refractivity contribution in [3.63, 3.8) is 0 Å². The average molecular weight is 568 g/mol. The fourth-order valence-electron chi connectivity index (χ4n) is 5.86. The molecule has 0 amide bonds. The van der Waals surface area contributed by atoms with Gasteiger partial charge in [0, 0.05) is 40.8 Å². The van der Waals surface area contributed by atoms with E-state index < -0.39 is 11.9 Å². The molecule has 0 fully saturated rings. The molecule has 0 saturated carbocycles. The van der Waals surface area contributed by atoms with Gasteiger partial charge in [-0.25, -0.2) is 9.59 Å². The number of rotatable bonds is 8. The van der Waals surface area contributed by atoms with E-state index in [-0.39, 0.29) is 11.1 Å². The summed E-state index contributed by atoms with van der Waals surface area (Å²) in [7, 11) is 0. The van der Waals surface area contributed by atoms with Gasteiger partial charge in [0.2, 0.25) is 0 Å². The van der Waals surface area contributed by atoms with Crippen LogP contribution >= 0.6 is 0 Å². The van der Waals surface area contributed by atoms with Crippen LogP contribution in [0, 0.1) is 19.8 Å². The van der Waals surface area contributed by atoms with Crippen molar-refractivity contribution < 1.29 is 19.8 Å². The van der Waals surface area contributed by atoms with Crippen LogP contribution in [0.4, 0.5) is 0 Å².